The van der Waals surface area contributed by atoms with Crippen LogP contribution in [0.25, 0.3) is 0 Å². The van der Waals surface area contributed by atoms with E-state index in [-0.39, 0.29) is 0 Å². The fraction of sp³-hybridized carbons (Fsp3) is 1.00. The summed E-state index contributed by atoms with van der Waals surface area (Å²) < 4.78 is 12.4. The average molecular weight is 299 g/mol. The molecule has 0 amide bonds. The smallest absolute Gasteiger partial charge is 0.344 e. The second-order valence-corrected chi connectivity index (χ2v) is 11.9. The molecule has 2 saturated carbocycles. The van der Waals surface area contributed by atoms with Crippen LogP contribution in [0.2, 0.25) is 11.1 Å². The van der Waals surface area contributed by atoms with Gasteiger partial charge >= 0.3 is 8.56 Å². The van der Waals surface area contributed by atoms with Crippen molar-refractivity contribution in [2.75, 3.05) is 14.2 Å². The second-order valence-electron chi connectivity index (χ2n) is 8.06. The molecule has 118 valence electrons. The van der Waals surface area contributed by atoms with E-state index in [0.29, 0.717) is 16.5 Å². The largest absolute Gasteiger partial charge is 0.397 e. The molecule has 0 aromatic carbocycles. The predicted molar refractivity (Wildman–Crippen MR) is 87.2 cm³/mol. The molecule has 0 aliphatic heterocycles. The van der Waals surface area contributed by atoms with Crippen molar-refractivity contribution in [3.8, 4) is 0 Å². The van der Waals surface area contributed by atoms with Gasteiger partial charge in [0.1, 0.15) is 0 Å². The van der Waals surface area contributed by atoms with Gasteiger partial charge in [-0.3, -0.25) is 0 Å². The van der Waals surface area contributed by atoms with E-state index in [9.17, 15) is 0 Å². The third kappa shape index (κ3) is 3.31. The minimum absolute atomic E-state index is 0.471. The minimum atomic E-state index is -2.07. The highest BCUT2D eigenvalue weighted by Gasteiger charge is 2.53. The maximum atomic E-state index is 6.22. The second kappa shape index (κ2) is 6.49. The molecule has 2 fully saturated rings. The van der Waals surface area contributed by atoms with Gasteiger partial charge in [0.05, 0.1) is 0 Å². The summed E-state index contributed by atoms with van der Waals surface area (Å²) in [7, 11) is 1.78. The van der Waals surface area contributed by atoms with Crippen molar-refractivity contribution in [1.82, 2.24) is 0 Å². The van der Waals surface area contributed by atoms with E-state index in [2.05, 4.69) is 20.8 Å². The Balaban J connectivity index is 2.19. The number of hydrogen-bond donors (Lipinski definition) is 0. The van der Waals surface area contributed by atoms with E-state index in [1.54, 1.807) is 0 Å². The van der Waals surface area contributed by atoms with Crippen LogP contribution in [0.3, 0.4) is 0 Å². The monoisotopic (exact) mass is 298 g/mol. The Hall–Kier alpha value is 0.137. The van der Waals surface area contributed by atoms with Crippen LogP contribution >= 0.6 is 0 Å². The molecule has 0 N–H and O–H groups in total. The molecule has 2 aliphatic carbocycles. The fourth-order valence-electron chi connectivity index (χ4n) is 4.92. The molecule has 0 heterocycles. The van der Waals surface area contributed by atoms with Gasteiger partial charge in [-0.25, -0.2) is 0 Å². The topological polar surface area (TPSA) is 18.5 Å². The third-order valence-electron chi connectivity index (χ3n) is 5.92. The SMILES string of the molecule is CO[Si](OC)(C1CCCC(C)C1)C1CCCC(C)(C)C1. The van der Waals surface area contributed by atoms with Gasteiger partial charge in [0, 0.05) is 25.3 Å². The third-order valence-corrected chi connectivity index (χ3v) is 10.5. The molecule has 2 nitrogen and oxygen atoms in total. The van der Waals surface area contributed by atoms with Gasteiger partial charge in [-0.15, -0.1) is 0 Å². The average Bonchev–Trinajstić information content (AvgIpc) is 2.40. The molecule has 3 heteroatoms. The van der Waals surface area contributed by atoms with Crippen LogP contribution < -0.4 is 0 Å². The van der Waals surface area contributed by atoms with Gasteiger partial charge < -0.3 is 8.85 Å². The fourth-order valence-corrected chi connectivity index (χ4v) is 9.87. The summed E-state index contributed by atoms with van der Waals surface area (Å²) in [6, 6.07) is 0. The molecule has 2 rings (SSSR count). The van der Waals surface area contributed by atoms with Crippen molar-refractivity contribution in [2.45, 2.75) is 83.2 Å². The first-order valence-corrected chi connectivity index (χ1v) is 10.5. The summed E-state index contributed by atoms with van der Waals surface area (Å²) in [4.78, 5) is 0. The van der Waals surface area contributed by atoms with Crippen LogP contribution in [-0.4, -0.2) is 22.8 Å². The van der Waals surface area contributed by atoms with Crippen molar-refractivity contribution in [2.24, 2.45) is 11.3 Å². The summed E-state index contributed by atoms with van der Waals surface area (Å²) in [5.41, 5.74) is 1.87. The molecule has 0 saturated heterocycles. The van der Waals surface area contributed by atoms with Gasteiger partial charge in [0.2, 0.25) is 0 Å². The molecule has 0 radical (unpaired) electrons. The van der Waals surface area contributed by atoms with Gasteiger partial charge in [0.25, 0.3) is 0 Å². The van der Waals surface area contributed by atoms with Gasteiger partial charge in [-0.1, -0.05) is 40.0 Å². The highest BCUT2D eigenvalue weighted by Crippen LogP contribution is 2.53. The van der Waals surface area contributed by atoms with Crippen molar-refractivity contribution < 1.29 is 8.85 Å². The Labute approximate surface area is 126 Å². The maximum absolute atomic E-state index is 6.22. The zero-order chi connectivity index (χ0) is 14.8. The number of hydrogen-bond acceptors (Lipinski definition) is 2. The van der Waals surface area contributed by atoms with Crippen LogP contribution in [-0.2, 0) is 8.85 Å². The van der Waals surface area contributed by atoms with E-state index in [0.717, 1.165) is 5.92 Å². The first-order valence-electron chi connectivity index (χ1n) is 8.54. The molecule has 0 bridgehead atoms. The lowest BCUT2D eigenvalue weighted by molar-refractivity contribution is 0.156. The molecule has 3 atom stereocenters. The molecular formula is C17H34O2Si. The summed E-state index contributed by atoms with van der Waals surface area (Å²) >= 11 is 0. The molecule has 20 heavy (non-hydrogen) atoms. The van der Waals surface area contributed by atoms with Crippen LogP contribution in [0.15, 0.2) is 0 Å². The lowest BCUT2D eigenvalue weighted by atomic mass is 9.77. The Bertz CT molecular complexity index is 312. The standard InChI is InChI=1S/C17H34O2Si/c1-14-8-6-9-15(12-14)20(18-4,19-5)16-10-7-11-17(2,3)13-16/h14-16H,6-13H2,1-5H3. The van der Waals surface area contributed by atoms with Crippen molar-refractivity contribution in [3.63, 3.8) is 0 Å². The van der Waals surface area contributed by atoms with Gasteiger partial charge in [0.15, 0.2) is 0 Å². The van der Waals surface area contributed by atoms with Gasteiger partial charge in [-0.05, 0) is 43.4 Å². The van der Waals surface area contributed by atoms with E-state index in [1.165, 1.54) is 51.4 Å². The molecule has 3 unspecified atom stereocenters. The Morgan fingerprint density at radius 2 is 1.60 bits per heavy atom. The van der Waals surface area contributed by atoms with E-state index in [1.807, 2.05) is 14.2 Å². The summed E-state index contributed by atoms with van der Waals surface area (Å²) in [6.07, 6.45) is 10.7. The first-order chi connectivity index (χ1) is 9.43. The lowest BCUT2D eigenvalue weighted by Crippen LogP contribution is -2.52. The summed E-state index contributed by atoms with van der Waals surface area (Å²) in [6.45, 7) is 7.25. The zero-order valence-corrected chi connectivity index (χ0v) is 15.2. The normalized spacial score (nSPS) is 35.0. The predicted octanol–water partition coefficient (Wildman–Crippen LogP) is 5.27. The van der Waals surface area contributed by atoms with Crippen molar-refractivity contribution in [1.29, 1.82) is 0 Å². The maximum Gasteiger partial charge on any atom is 0.344 e. The zero-order valence-electron chi connectivity index (χ0n) is 14.2. The number of rotatable bonds is 4. The first kappa shape index (κ1) is 16.5. The van der Waals surface area contributed by atoms with Crippen LogP contribution in [0.5, 0.6) is 0 Å². The Kier molecular flexibility index (Phi) is 5.36. The molecule has 0 aromatic heterocycles. The molecule has 0 spiro atoms. The van der Waals surface area contributed by atoms with E-state index >= 15 is 0 Å². The highest BCUT2D eigenvalue weighted by molar-refractivity contribution is 6.70. The van der Waals surface area contributed by atoms with Crippen molar-refractivity contribution >= 4 is 8.56 Å². The quantitative estimate of drug-likeness (QED) is 0.658. The van der Waals surface area contributed by atoms with E-state index in [4.69, 9.17) is 8.85 Å². The van der Waals surface area contributed by atoms with E-state index < -0.39 is 8.56 Å². The molecule has 2 aliphatic rings. The minimum Gasteiger partial charge on any atom is -0.397 e. The van der Waals surface area contributed by atoms with Crippen LogP contribution in [0.1, 0.15) is 72.1 Å². The Morgan fingerprint density at radius 1 is 0.950 bits per heavy atom. The lowest BCUT2D eigenvalue weighted by Gasteiger charge is -2.47. The molecular weight excluding hydrogens is 264 g/mol. The van der Waals surface area contributed by atoms with Gasteiger partial charge in [-0.2, -0.15) is 0 Å². The summed E-state index contributed by atoms with van der Waals surface area (Å²) in [5, 5.41) is 0. The van der Waals surface area contributed by atoms with Crippen LogP contribution in [0, 0.1) is 11.3 Å². The Morgan fingerprint density at radius 3 is 2.15 bits per heavy atom. The highest BCUT2D eigenvalue weighted by atomic mass is 28.4. The van der Waals surface area contributed by atoms with Crippen molar-refractivity contribution in [3.05, 3.63) is 0 Å². The summed E-state index contributed by atoms with van der Waals surface area (Å²) in [5.74, 6) is 0.850. The molecule has 0 aromatic rings. The van der Waals surface area contributed by atoms with Crippen LogP contribution in [0.4, 0.5) is 0 Å².